The first-order valence-electron chi connectivity index (χ1n) is 8.81. The van der Waals surface area contributed by atoms with Crippen molar-refractivity contribution in [2.75, 3.05) is 0 Å². The van der Waals surface area contributed by atoms with Crippen molar-refractivity contribution in [2.24, 2.45) is 0 Å². The Morgan fingerprint density at radius 1 is 0.610 bits per heavy atom. The van der Waals surface area contributed by atoms with Crippen molar-refractivity contribution in [3.05, 3.63) is 85.8 Å². The maximum absolute atomic E-state index is 12.5. The second-order valence-electron chi connectivity index (χ2n) is 6.35. The lowest BCUT2D eigenvalue weighted by Crippen LogP contribution is -2.07. The first-order chi connectivity index (χ1) is 18.4. The van der Waals surface area contributed by atoms with Crippen LogP contribution in [0.4, 0.5) is 60.5 Å². The van der Waals surface area contributed by atoms with E-state index >= 15 is 0 Å². The highest BCUT2D eigenvalue weighted by atomic mass is 32.3. The molecule has 0 heterocycles. The van der Waals surface area contributed by atoms with Crippen LogP contribution in [0.1, 0.15) is 11.1 Å². The van der Waals surface area contributed by atoms with Gasteiger partial charge >= 0.3 is 35.1 Å². The SMILES string of the molecule is N#[N+]c1c([N+](=O)[O-])cc([N+](=O)[O-])cc1C(F)(F)F.N#[N+]c1c([N+](=O)[O-])cc([N+](=O)[O-])cc1C(F)(F)F.O=S(=O)([O-])[O-]. The minimum Gasteiger partial charge on any atom is -0.759 e. The summed E-state index contributed by atoms with van der Waals surface area (Å²) in [4.78, 5) is 41.0. The van der Waals surface area contributed by atoms with Crippen molar-refractivity contribution in [1.29, 1.82) is 10.8 Å². The third-order valence-corrected chi connectivity index (χ3v) is 3.77. The molecule has 2 aromatic carbocycles. The van der Waals surface area contributed by atoms with Crippen molar-refractivity contribution in [2.45, 2.75) is 12.4 Å². The van der Waals surface area contributed by atoms with Gasteiger partial charge in [0, 0.05) is 22.5 Å². The minimum absolute atomic E-state index is 0.0576. The predicted molar refractivity (Wildman–Crippen MR) is 109 cm³/mol. The Kier molecular flexibility index (Phi) is 11.1. The number of hydrogen-bond donors (Lipinski definition) is 0. The molecule has 0 radical (unpaired) electrons. The fraction of sp³-hybridized carbons (Fsp3) is 0.143. The molecule has 0 aliphatic heterocycles. The van der Waals surface area contributed by atoms with Gasteiger partial charge in [0.2, 0.25) is 10.8 Å². The maximum Gasteiger partial charge on any atom is 0.473 e. The van der Waals surface area contributed by atoms with E-state index in [0.29, 0.717) is 0 Å². The van der Waals surface area contributed by atoms with E-state index in [0.717, 1.165) is 0 Å². The van der Waals surface area contributed by atoms with Crippen molar-refractivity contribution in [3.63, 3.8) is 0 Å². The van der Waals surface area contributed by atoms with Crippen LogP contribution in [0.2, 0.25) is 0 Å². The molecule has 2 aromatic rings. The maximum atomic E-state index is 12.5. The molecule has 220 valence electrons. The lowest BCUT2D eigenvalue weighted by molar-refractivity contribution is -0.394. The molecule has 0 aromatic heterocycles. The second-order valence-corrected chi connectivity index (χ2v) is 7.17. The number of nitro benzene ring substituents is 4. The van der Waals surface area contributed by atoms with Crippen LogP contribution in [0.5, 0.6) is 0 Å². The Bertz CT molecular complexity index is 1490. The molecule has 0 aliphatic rings. The van der Waals surface area contributed by atoms with Crippen LogP contribution >= 0.6 is 0 Å². The van der Waals surface area contributed by atoms with Gasteiger partial charge < -0.3 is 9.11 Å². The average Bonchev–Trinajstić information content (AvgIpc) is 2.80. The minimum atomic E-state index is -5.17. The monoisotopic (exact) mass is 622 g/mol. The third-order valence-electron chi connectivity index (χ3n) is 3.77. The number of halogens is 6. The van der Waals surface area contributed by atoms with Crippen LogP contribution in [0.15, 0.2) is 24.3 Å². The molecule has 0 atom stereocenters. The van der Waals surface area contributed by atoms with Gasteiger partial charge in [-0.1, -0.05) is 0 Å². The van der Waals surface area contributed by atoms with E-state index in [2.05, 4.69) is 9.95 Å². The molecule has 0 saturated heterocycles. The Morgan fingerprint density at radius 2 is 0.854 bits per heavy atom. The summed E-state index contributed by atoms with van der Waals surface area (Å²) in [6, 6.07) is 0.679. The van der Waals surface area contributed by atoms with Gasteiger partial charge in [-0.3, -0.25) is 48.9 Å². The largest absolute Gasteiger partial charge is 0.759 e. The number of nitro groups is 4. The predicted octanol–water partition coefficient (Wildman–Crippen LogP) is 4.67. The van der Waals surface area contributed by atoms with Crippen LogP contribution in [-0.2, 0) is 22.8 Å². The normalized spacial score (nSPS) is 10.9. The zero-order chi connectivity index (χ0) is 32.7. The summed E-state index contributed by atoms with van der Waals surface area (Å²) in [6.07, 6.45) is -10.3. The van der Waals surface area contributed by atoms with Gasteiger partial charge in [0.05, 0.1) is 19.7 Å². The van der Waals surface area contributed by atoms with E-state index in [1.54, 1.807) is 0 Å². The number of benzene rings is 2. The average molecular weight is 622 g/mol. The zero-order valence-corrected chi connectivity index (χ0v) is 19.3. The van der Waals surface area contributed by atoms with Gasteiger partial charge in [-0.05, 0) is 0 Å². The van der Waals surface area contributed by atoms with Crippen molar-refractivity contribution in [1.82, 2.24) is 0 Å². The first-order valence-corrected chi connectivity index (χ1v) is 10.1. The highest BCUT2D eigenvalue weighted by Crippen LogP contribution is 2.45. The zero-order valence-electron chi connectivity index (χ0n) is 18.5. The smallest absolute Gasteiger partial charge is 0.473 e. The topological polar surface area (TPSA) is 309 Å². The molecular weight excluding hydrogens is 618 g/mol. The molecule has 20 nitrogen and oxygen atoms in total. The van der Waals surface area contributed by atoms with Gasteiger partial charge in [0.15, 0.2) is 21.1 Å². The molecule has 0 bridgehead atoms. The molecule has 27 heteroatoms. The van der Waals surface area contributed by atoms with Crippen molar-refractivity contribution in [3.8, 4) is 0 Å². The van der Waals surface area contributed by atoms with Gasteiger partial charge in [0.25, 0.3) is 11.4 Å². The first kappa shape index (κ1) is 35.3. The van der Waals surface area contributed by atoms with Crippen LogP contribution in [-0.4, -0.2) is 37.2 Å². The Hall–Kier alpha value is -5.67. The molecule has 41 heavy (non-hydrogen) atoms. The molecule has 0 N–H and O–H groups in total. The fourth-order valence-corrected chi connectivity index (χ4v) is 2.34. The summed E-state index contributed by atoms with van der Waals surface area (Å²) in [6.45, 7) is 0. The molecule has 0 spiro atoms. The molecular formula is C14H4F6N8O12S. The van der Waals surface area contributed by atoms with E-state index < -0.39 is 87.7 Å². The number of non-ortho nitro benzene ring substituents is 2. The summed E-state index contributed by atoms with van der Waals surface area (Å²) in [5, 5.41) is 58.5. The number of hydrogen-bond acceptors (Lipinski definition) is 14. The summed E-state index contributed by atoms with van der Waals surface area (Å²) in [7, 11) is -5.17. The van der Waals surface area contributed by atoms with Crippen LogP contribution in [0, 0.1) is 51.2 Å². The van der Waals surface area contributed by atoms with Crippen molar-refractivity contribution < 1.29 is 63.6 Å². The fourth-order valence-electron chi connectivity index (χ4n) is 2.34. The lowest BCUT2D eigenvalue weighted by Gasteiger charge is -2.06. The van der Waals surface area contributed by atoms with Crippen molar-refractivity contribution >= 4 is 44.5 Å². The highest BCUT2D eigenvalue weighted by Gasteiger charge is 2.47. The molecule has 0 aliphatic carbocycles. The number of nitrogens with zero attached hydrogens (tertiary/aromatic N) is 8. The third kappa shape index (κ3) is 10.5. The number of rotatable bonds is 4. The highest BCUT2D eigenvalue weighted by molar-refractivity contribution is 7.79. The summed E-state index contributed by atoms with van der Waals surface area (Å²) < 4.78 is 109. The quantitative estimate of drug-likeness (QED) is 0.112. The van der Waals surface area contributed by atoms with E-state index in [9.17, 15) is 66.8 Å². The van der Waals surface area contributed by atoms with Gasteiger partial charge in [-0.15, -0.1) is 0 Å². The summed E-state index contributed by atoms with van der Waals surface area (Å²) in [5.41, 5.74) is -11.1. The number of diazo groups is 2. The van der Waals surface area contributed by atoms with E-state index in [-0.39, 0.29) is 24.3 Å². The van der Waals surface area contributed by atoms with E-state index in [4.69, 9.17) is 28.3 Å². The number of alkyl halides is 6. The van der Waals surface area contributed by atoms with Gasteiger partial charge in [0.1, 0.15) is 12.1 Å². The Labute approximate surface area is 217 Å². The second kappa shape index (κ2) is 12.9. The molecule has 0 amide bonds. The van der Waals surface area contributed by atoms with Crippen LogP contribution in [0.25, 0.3) is 9.95 Å². The van der Waals surface area contributed by atoms with Crippen LogP contribution in [0.3, 0.4) is 0 Å². The van der Waals surface area contributed by atoms with E-state index in [1.807, 2.05) is 0 Å². The summed E-state index contributed by atoms with van der Waals surface area (Å²) in [5.74, 6) is 0. The molecule has 0 saturated carbocycles. The molecule has 0 fully saturated rings. The standard InChI is InChI=1S/2C7H2F3N4O4.H2O4S/c2*8-7(9,10)4-1-3(13(15)16)2-5(14(17)18)6(4)12-11;1-5(2,3)4/h2*1-2H;(H2,1,2,3,4)/q2*+1;/p-2. The molecule has 2 rings (SSSR count). The Morgan fingerprint density at radius 3 is 1.00 bits per heavy atom. The van der Waals surface area contributed by atoms with E-state index in [1.165, 1.54) is 0 Å². The lowest BCUT2D eigenvalue weighted by atomic mass is 10.1. The Balaban J connectivity index is 0.000000671. The van der Waals surface area contributed by atoms with Gasteiger partial charge in [-0.2, -0.15) is 26.3 Å². The molecule has 0 unspecified atom stereocenters. The summed E-state index contributed by atoms with van der Waals surface area (Å²) >= 11 is 0. The van der Waals surface area contributed by atoms with Crippen LogP contribution < -0.4 is 0 Å². The van der Waals surface area contributed by atoms with Gasteiger partial charge in [-0.25, -0.2) is 0 Å².